The molecule has 0 aliphatic heterocycles. The van der Waals surface area contributed by atoms with Gasteiger partial charge in [-0.1, -0.05) is 18.2 Å². The van der Waals surface area contributed by atoms with Crippen LogP contribution in [0, 0.1) is 6.92 Å². The zero-order valence-corrected chi connectivity index (χ0v) is 18.8. The highest BCUT2D eigenvalue weighted by Gasteiger charge is 2.24. The van der Waals surface area contributed by atoms with Crippen LogP contribution in [0.2, 0.25) is 0 Å². The minimum atomic E-state index is -4.16. The van der Waals surface area contributed by atoms with Gasteiger partial charge in [-0.2, -0.15) is 0 Å². The first-order valence-electron chi connectivity index (χ1n) is 8.99. The number of amides is 1. The van der Waals surface area contributed by atoms with E-state index >= 15 is 0 Å². The van der Waals surface area contributed by atoms with Gasteiger partial charge in [0.05, 0.1) is 11.2 Å². The van der Waals surface area contributed by atoms with Gasteiger partial charge in [0.2, 0.25) is 0 Å². The highest BCUT2D eigenvalue weighted by molar-refractivity contribution is 9.10. The topological polar surface area (TPSA) is 92.5 Å². The van der Waals surface area contributed by atoms with Crippen LogP contribution in [0.15, 0.2) is 62.3 Å². The smallest absolute Gasteiger partial charge is 0.300 e. The summed E-state index contributed by atoms with van der Waals surface area (Å²) in [6.07, 6.45) is 0. The van der Waals surface area contributed by atoms with Crippen molar-refractivity contribution in [3.8, 4) is 0 Å². The Morgan fingerprint density at radius 1 is 1.10 bits per heavy atom. The fourth-order valence-electron chi connectivity index (χ4n) is 3.16. The summed E-state index contributed by atoms with van der Waals surface area (Å²) in [7, 11) is -0.390. The lowest BCUT2D eigenvalue weighted by molar-refractivity contribution is 0.0956. The van der Waals surface area contributed by atoms with Gasteiger partial charge in [0.25, 0.3) is 10.0 Å². The number of fused-ring (bicyclic) bond motifs is 2. The summed E-state index contributed by atoms with van der Waals surface area (Å²) >= 11 is 3.49. The first-order chi connectivity index (χ1) is 14.2. The lowest BCUT2D eigenvalue weighted by atomic mass is 10.2. The van der Waals surface area contributed by atoms with Gasteiger partial charge in [-0.15, -0.1) is 0 Å². The second-order valence-corrected chi connectivity index (χ2v) is 9.57. The molecule has 0 aliphatic rings. The van der Waals surface area contributed by atoms with Crippen LogP contribution in [0.3, 0.4) is 0 Å². The Labute approximate surface area is 181 Å². The Bertz CT molecular complexity index is 1410. The van der Waals surface area contributed by atoms with Crippen molar-refractivity contribution in [1.82, 2.24) is 9.71 Å². The molecule has 0 spiro atoms. The summed E-state index contributed by atoms with van der Waals surface area (Å²) in [5.41, 5.74) is 2.33. The molecule has 0 radical (unpaired) electrons. The standard InChI is InChI=1S/C21H18BrN3O4S/c1-12-7-8-13-5-4-6-19(20(13)23-12)30(27,28)24-21(26)18-10-14-9-15(22)16(25(2)3)11-17(14)29-18/h4-11H,1-3H3,(H,24,26). The molecule has 9 heteroatoms. The Balaban J connectivity index is 1.71. The highest BCUT2D eigenvalue weighted by atomic mass is 79.9. The van der Waals surface area contributed by atoms with E-state index in [0.29, 0.717) is 27.6 Å². The molecule has 0 atom stereocenters. The molecule has 0 saturated carbocycles. The normalized spacial score (nSPS) is 11.7. The zero-order valence-electron chi connectivity index (χ0n) is 16.4. The Hall–Kier alpha value is -2.91. The number of furan rings is 1. The van der Waals surface area contributed by atoms with Crippen molar-refractivity contribution in [3.05, 3.63) is 64.5 Å². The molecule has 1 N–H and O–H groups in total. The number of para-hydroxylation sites is 1. The maximum Gasteiger partial charge on any atom is 0.300 e. The second kappa shape index (κ2) is 7.41. The summed E-state index contributed by atoms with van der Waals surface area (Å²) in [6, 6.07) is 13.5. The quantitative estimate of drug-likeness (QED) is 0.462. The molecule has 30 heavy (non-hydrogen) atoms. The SMILES string of the molecule is Cc1ccc2cccc(S(=O)(=O)NC(=O)c3cc4cc(Br)c(N(C)C)cc4o3)c2n1. The average Bonchev–Trinajstić information content (AvgIpc) is 3.09. The Morgan fingerprint density at radius 3 is 2.60 bits per heavy atom. The lowest BCUT2D eigenvalue weighted by Crippen LogP contribution is -2.30. The average molecular weight is 488 g/mol. The minimum absolute atomic E-state index is 0.0641. The predicted molar refractivity (Wildman–Crippen MR) is 119 cm³/mol. The molecule has 0 unspecified atom stereocenters. The van der Waals surface area contributed by atoms with Crippen molar-refractivity contribution in [1.29, 1.82) is 0 Å². The molecule has 4 aromatic rings. The van der Waals surface area contributed by atoms with Crippen LogP contribution in [-0.4, -0.2) is 33.4 Å². The first-order valence-corrected chi connectivity index (χ1v) is 11.3. The van der Waals surface area contributed by atoms with E-state index in [-0.39, 0.29) is 10.7 Å². The first kappa shape index (κ1) is 20.4. The third kappa shape index (κ3) is 3.66. The van der Waals surface area contributed by atoms with Crippen LogP contribution >= 0.6 is 15.9 Å². The van der Waals surface area contributed by atoms with Gasteiger partial charge in [-0.25, -0.2) is 13.1 Å². The van der Waals surface area contributed by atoms with Gasteiger partial charge in [0.1, 0.15) is 10.5 Å². The number of pyridine rings is 1. The molecule has 2 heterocycles. The number of nitrogens with one attached hydrogen (secondary N) is 1. The minimum Gasteiger partial charge on any atom is -0.451 e. The van der Waals surface area contributed by atoms with Crippen molar-refractivity contribution in [2.24, 2.45) is 0 Å². The molecule has 1 amide bonds. The van der Waals surface area contributed by atoms with E-state index in [1.165, 1.54) is 12.1 Å². The summed E-state index contributed by atoms with van der Waals surface area (Å²) in [5, 5.41) is 1.35. The molecule has 154 valence electrons. The van der Waals surface area contributed by atoms with E-state index in [2.05, 4.69) is 25.6 Å². The summed E-state index contributed by atoms with van der Waals surface area (Å²) < 4.78 is 34.4. The van der Waals surface area contributed by atoms with Crippen molar-refractivity contribution >= 4 is 59.4 Å². The number of carbonyl (C=O) groups is 1. The molecule has 0 aliphatic carbocycles. The molecule has 0 saturated heterocycles. The van der Waals surface area contributed by atoms with Gasteiger partial charge < -0.3 is 9.32 Å². The van der Waals surface area contributed by atoms with Gasteiger partial charge in [0.15, 0.2) is 5.76 Å². The third-order valence-electron chi connectivity index (χ3n) is 4.63. The molecule has 2 aromatic carbocycles. The lowest BCUT2D eigenvalue weighted by Gasteiger charge is -2.13. The molecule has 2 aromatic heterocycles. The number of aryl methyl sites for hydroxylation is 1. The molecule has 0 fully saturated rings. The number of halogens is 1. The number of nitrogens with zero attached hydrogens (tertiary/aromatic N) is 2. The van der Waals surface area contributed by atoms with E-state index in [1.54, 1.807) is 37.3 Å². The largest absolute Gasteiger partial charge is 0.451 e. The van der Waals surface area contributed by atoms with Gasteiger partial charge in [-0.05, 0) is 47.1 Å². The number of aromatic nitrogens is 1. The predicted octanol–water partition coefficient (Wildman–Crippen LogP) is 4.24. The van der Waals surface area contributed by atoms with E-state index in [0.717, 1.165) is 10.2 Å². The molecule has 0 bridgehead atoms. The molecular weight excluding hydrogens is 470 g/mol. The number of rotatable bonds is 4. The van der Waals surface area contributed by atoms with Crippen molar-refractivity contribution in [2.75, 3.05) is 19.0 Å². The summed E-state index contributed by atoms with van der Waals surface area (Å²) in [6.45, 7) is 1.77. The Kier molecular flexibility index (Phi) is 5.03. The number of hydrogen-bond acceptors (Lipinski definition) is 6. The number of sulfonamides is 1. The van der Waals surface area contributed by atoms with Gasteiger partial charge in [0, 0.05) is 41.1 Å². The van der Waals surface area contributed by atoms with Crippen molar-refractivity contribution in [2.45, 2.75) is 11.8 Å². The van der Waals surface area contributed by atoms with Gasteiger partial charge in [-0.3, -0.25) is 9.78 Å². The molecule has 4 rings (SSSR count). The number of hydrogen-bond donors (Lipinski definition) is 1. The van der Waals surface area contributed by atoms with Crippen LogP contribution < -0.4 is 9.62 Å². The Morgan fingerprint density at radius 2 is 1.87 bits per heavy atom. The zero-order chi connectivity index (χ0) is 21.6. The fourth-order valence-corrected chi connectivity index (χ4v) is 5.01. The van der Waals surface area contributed by atoms with Crippen LogP contribution in [0.25, 0.3) is 21.9 Å². The van der Waals surface area contributed by atoms with E-state index in [1.807, 2.05) is 25.1 Å². The molecular formula is C21H18BrN3O4S. The maximum absolute atomic E-state index is 12.9. The van der Waals surface area contributed by atoms with Crippen LogP contribution in [0.4, 0.5) is 5.69 Å². The van der Waals surface area contributed by atoms with Crippen LogP contribution in [0.5, 0.6) is 0 Å². The van der Waals surface area contributed by atoms with E-state index in [4.69, 9.17) is 4.42 Å². The van der Waals surface area contributed by atoms with E-state index in [9.17, 15) is 13.2 Å². The monoisotopic (exact) mass is 487 g/mol. The fraction of sp³-hybridized carbons (Fsp3) is 0.143. The number of benzene rings is 2. The highest BCUT2D eigenvalue weighted by Crippen LogP contribution is 2.32. The van der Waals surface area contributed by atoms with Crippen LogP contribution in [-0.2, 0) is 10.0 Å². The van der Waals surface area contributed by atoms with Crippen LogP contribution in [0.1, 0.15) is 16.2 Å². The van der Waals surface area contributed by atoms with Crippen molar-refractivity contribution < 1.29 is 17.6 Å². The van der Waals surface area contributed by atoms with Crippen molar-refractivity contribution in [3.63, 3.8) is 0 Å². The van der Waals surface area contributed by atoms with Gasteiger partial charge >= 0.3 is 5.91 Å². The van der Waals surface area contributed by atoms with E-state index < -0.39 is 15.9 Å². The summed E-state index contributed by atoms with van der Waals surface area (Å²) in [5.74, 6) is -0.945. The molecule has 7 nitrogen and oxygen atoms in total. The number of anilines is 1. The number of carbonyl (C=O) groups excluding carboxylic acids is 1. The second-order valence-electron chi connectivity index (χ2n) is 7.06. The summed E-state index contributed by atoms with van der Waals surface area (Å²) in [4.78, 5) is 18.8. The maximum atomic E-state index is 12.9. The third-order valence-corrected chi connectivity index (χ3v) is 6.63.